The van der Waals surface area contributed by atoms with Crippen LogP contribution in [0, 0.1) is 6.92 Å². The highest BCUT2D eigenvalue weighted by molar-refractivity contribution is 5.60. The summed E-state index contributed by atoms with van der Waals surface area (Å²) < 4.78 is 37.0. The van der Waals surface area contributed by atoms with Crippen molar-refractivity contribution >= 4 is 0 Å². The maximum Gasteiger partial charge on any atom is 0.416 e. The number of hydrogen-bond acceptors (Lipinski definition) is 0. The molecule has 0 aliphatic heterocycles. The van der Waals surface area contributed by atoms with Gasteiger partial charge in [-0.2, -0.15) is 13.2 Å². The Hall–Kier alpha value is -1.71. The Kier molecular flexibility index (Phi) is 2.50. The molecule has 1 aromatic heterocycles. The molecule has 0 amide bonds. The van der Waals surface area contributed by atoms with Gasteiger partial charge in [0.1, 0.15) is 0 Å². The van der Waals surface area contributed by atoms with Gasteiger partial charge in [0, 0.05) is 11.9 Å². The molecule has 1 aromatic carbocycles. The number of aromatic amines is 1. The normalized spacial score (nSPS) is 11.8. The van der Waals surface area contributed by atoms with Crippen LogP contribution in [0.25, 0.3) is 11.3 Å². The molecule has 0 atom stereocenters. The van der Waals surface area contributed by atoms with Gasteiger partial charge < -0.3 is 4.98 Å². The number of halogens is 3. The van der Waals surface area contributed by atoms with Gasteiger partial charge in [-0.05, 0) is 36.2 Å². The molecule has 0 saturated carbocycles. The summed E-state index contributed by atoms with van der Waals surface area (Å²) in [5, 5.41) is 0. The summed E-state index contributed by atoms with van der Waals surface area (Å²) in [4.78, 5) is 3.00. The van der Waals surface area contributed by atoms with Crippen molar-refractivity contribution in [3.8, 4) is 11.3 Å². The molecule has 0 bridgehead atoms. The molecule has 0 unspecified atom stereocenters. The van der Waals surface area contributed by atoms with Crippen LogP contribution in [0.3, 0.4) is 0 Å². The van der Waals surface area contributed by atoms with Crippen LogP contribution in [0.2, 0.25) is 0 Å². The summed E-state index contributed by atoms with van der Waals surface area (Å²) in [5.41, 5.74) is 2.00. The number of alkyl halides is 3. The van der Waals surface area contributed by atoms with Crippen molar-refractivity contribution in [1.29, 1.82) is 0 Å². The van der Waals surface area contributed by atoms with Gasteiger partial charge in [0.15, 0.2) is 0 Å². The topological polar surface area (TPSA) is 15.8 Å². The van der Waals surface area contributed by atoms with E-state index in [4.69, 9.17) is 0 Å². The maximum absolute atomic E-state index is 12.3. The second-order valence-corrected chi connectivity index (χ2v) is 3.67. The number of hydrogen-bond donors (Lipinski definition) is 1. The predicted molar refractivity (Wildman–Crippen MR) is 56.0 cm³/mol. The summed E-state index contributed by atoms with van der Waals surface area (Å²) in [7, 11) is 0. The van der Waals surface area contributed by atoms with Crippen molar-refractivity contribution in [2.45, 2.75) is 13.1 Å². The van der Waals surface area contributed by atoms with Crippen molar-refractivity contribution in [3.05, 3.63) is 47.7 Å². The highest BCUT2D eigenvalue weighted by Gasteiger charge is 2.29. The van der Waals surface area contributed by atoms with Crippen LogP contribution in [0.5, 0.6) is 0 Å². The molecule has 0 radical (unpaired) electrons. The molecule has 0 saturated heterocycles. The fraction of sp³-hybridized carbons (Fsp3) is 0.167. The molecule has 1 heterocycles. The van der Waals surface area contributed by atoms with Crippen LogP contribution >= 0.6 is 0 Å². The summed E-state index contributed by atoms with van der Waals surface area (Å²) in [6.07, 6.45) is -2.46. The first kappa shape index (κ1) is 10.8. The summed E-state index contributed by atoms with van der Waals surface area (Å²) in [6.45, 7) is 1.92. The Labute approximate surface area is 90.9 Å². The van der Waals surface area contributed by atoms with Crippen LogP contribution in [-0.2, 0) is 6.18 Å². The minimum absolute atomic E-state index is 0.625. The third kappa shape index (κ3) is 2.10. The zero-order valence-corrected chi connectivity index (χ0v) is 8.60. The zero-order valence-electron chi connectivity index (χ0n) is 8.60. The molecule has 84 valence electrons. The molecule has 4 heteroatoms. The molecule has 1 nitrogen and oxygen atoms in total. The Morgan fingerprint density at radius 3 is 2.12 bits per heavy atom. The van der Waals surface area contributed by atoms with Crippen LogP contribution in [-0.4, -0.2) is 4.98 Å². The van der Waals surface area contributed by atoms with E-state index in [1.54, 1.807) is 0 Å². The third-order valence-corrected chi connectivity index (χ3v) is 2.35. The van der Waals surface area contributed by atoms with Crippen molar-refractivity contribution < 1.29 is 13.2 Å². The lowest BCUT2D eigenvalue weighted by Crippen LogP contribution is -2.03. The second kappa shape index (κ2) is 3.70. The smallest absolute Gasteiger partial charge is 0.361 e. The van der Waals surface area contributed by atoms with Crippen molar-refractivity contribution in [1.82, 2.24) is 4.98 Å². The summed E-state index contributed by atoms with van der Waals surface area (Å²) >= 11 is 0. The van der Waals surface area contributed by atoms with Gasteiger partial charge in [0.2, 0.25) is 0 Å². The Bertz CT molecular complexity index is 480. The standard InChI is InChI=1S/C12H10F3N/c1-8-6-11(16-7-8)9-2-4-10(5-3-9)12(13,14)15/h2-7,16H,1H3. The molecule has 0 aliphatic carbocycles. The molecular formula is C12H10F3N. The van der Waals surface area contributed by atoms with Crippen LogP contribution in [0.4, 0.5) is 13.2 Å². The lowest BCUT2D eigenvalue weighted by Gasteiger charge is -2.06. The number of aryl methyl sites for hydroxylation is 1. The fourth-order valence-corrected chi connectivity index (χ4v) is 1.51. The second-order valence-electron chi connectivity index (χ2n) is 3.67. The number of nitrogens with one attached hydrogen (secondary N) is 1. The van der Waals surface area contributed by atoms with Gasteiger partial charge in [-0.25, -0.2) is 0 Å². The number of aromatic nitrogens is 1. The van der Waals surface area contributed by atoms with Crippen molar-refractivity contribution in [3.63, 3.8) is 0 Å². The van der Waals surface area contributed by atoms with Crippen molar-refractivity contribution in [2.75, 3.05) is 0 Å². The van der Waals surface area contributed by atoms with Crippen molar-refractivity contribution in [2.24, 2.45) is 0 Å². The van der Waals surface area contributed by atoms with Gasteiger partial charge >= 0.3 is 6.18 Å². The first-order valence-corrected chi connectivity index (χ1v) is 4.79. The number of H-pyrrole nitrogens is 1. The van der Waals surface area contributed by atoms with Crippen LogP contribution < -0.4 is 0 Å². The first-order chi connectivity index (χ1) is 7.47. The van der Waals surface area contributed by atoms with E-state index in [0.29, 0.717) is 0 Å². The summed E-state index contributed by atoms with van der Waals surface area (Å²) in [5.74, 6) is 0. The third-order valence-electron chi connectivity index (χ3n) is 2.35. The average Bonchev–Trinajstić information content (AvgIpc) is 2.64. The molecular weight excluding hydrogens is 215 g/mol. The Balaban J connectivity index is 2.33. The molecule has 1 N–H and O–H groups in total. The first-order valence-electron chi connectivity index (χ1n) is 4.79. The van der Waals surface area contributed by atoms with Gasteiger partial charge in [0.05, 0.1) is 5.56 Å². The number of benzene rings is 1. The fourth-order valence-electron chi connectivity index (χ4n) is 1.51. The van der Waals surface area contributed by atoms with Gasteiger partial charge in [0.25, 0.3) is 0 Å². The Morgan fingerprint density at radius 2 is 1.69 bits per heavy atom. The monoisotopic (exact) mass is 225 g/mol. The van der Waals surface area contributed by atoms with Gasteiger partial charge in [-0.1, -0.05) is 12.1 Å². The van der Waals surface area contributed by atoms with E-state index in [-0.39, 0.29) is 0 Å². The minimum atomic E-state index is -4.27. The quantitative estimate of drug-likeness (QED) is 0.754. The highest BCUT2D eigenvalue weighted by Crippen LogP contribution is 2.30. The lowest BCUT2D eigenvalue weighted by molar-refractivity contribution is -0.137. The zero-order chi connectivity index (χ0) is 11.8. The molecule has 0 spiro atoms. The molecule has 16 heavy (non-hydrogen) atoms. The van der Waals surface area contributed by atoms with E-state index < -0.39 is 11.7 Å². The van der Waals surface area contributed by atoms with Gasteiger partial charge in [-0.15, -0.1) is 0 Å². The SMILES string of the molecule is Cc1c[nH]c(-c2ccc(C(F)(F)F)cc2)c1. The van der Waals surface area contributed by atoms with E-state index in [0.717, 1.165) is 29.0 Å². The summed E-state index contributed by atoms with van der Waals surface area (Å²) in [6, 6.07) is 7.00. The molecule has 2 aromatic rings. The van der Waals surface area contributed by atoms with Crippen LogP contribution in [0.1, 0.15) is 11.1 Å². The minimum Gasteiger partial charge on any atom is -0.361 e. The lowest BCUT2D eigenvalue weighted by atomic mass is 10.1. The number of rotatable bonds is 1. The molecule has 0 fully saturated rings. The molecule has 2 rings (SSSR count). The Morgan fingerprint density at radius 1 is 1.06 bits per heavy atom. The van der Waals surface area contributed by atoms with E-state index in [1.165, 1.54) is 12.1 Å². The van der Waals surface area contributed by atoms with Gasteiger partial charge in [-0.3, -0.25) is 0 Å². The maximum atomic E-state index is 12.3. The largest absolute Gasteiger partial charge is 0.416 e. The highest BCUT2D eigenvalue weighted by atomic mass is 19.4. The average molecular weight is 225 g/mol. The van der Waals surface area contributed by atoms with E-state index >= 15 is 0 Å². The molecule has 0 aliphatic rings. The van der Waals surface area contributed by atoms with E-state index in [1.807, 2.05) is 19.2 Å². The predicted octanol–water partition coefficient (Wildman–Crippen LogP) is 4.01. The van der Waals surface area contributed by atoms with E-state index in [9.17, 15) is 13.2 Å². The van der Waals surface area contributed by atoms with E-state index in [2.05, 4.69) is 4.98 Å². The van der Waals surface area contributed by atoms with Crippen LogP contribution in [0.15, 0.2) is 36.5 Å².